The molecule has 2 heterocycles. The lowest BCUT2D eigenvalue weighted by atomic mass is 10.1. The molecular formula is C21H28N2O2S. The molecule has 1 aliphatic rings. The Hall–Kier alpha value is -1.69. The second-order valence-electron chi connectivity index (χ2n) is 6.77. The van der Waals surface area contributed by atoms with Crippen molar-refractivity contribution < 1.29 is 9.53 Å². The highest BCUT2D eigenvalue weighted by Crippen LogP contribution is 2.18. The molecule has 1 fully saturated rings. The lowest BCUT2D eigenvalue weighted by Crippen LogP contribution is -2.42. The molecule has 1 amide bonds. The fraction of sp³-hybridized carbons (Fsp3) is 0.476. The van der Waals surface area contributed by atoms with Crippen LogP contribution in [-0.4, -0.2) is 55.1 Å². The molecule has 1 saturated heterocycles. The van der Waals surface area contributed by atoms with Crippen molar-refractivity contribution in [2.45, 2.75) is 26.3 Å². The van der Waals surface area contributed by atoms with Crippen LogP contribution in [0.1, 0.15) is 21.7 Å². The van der Waals surface area contributed by atoms with Gasteiger partial charge >= 0.3 is 0 Å². The SMILES string of the molecule is Cc1ccc(CN(CCC(=O)N2CCOCC2)CCc2ccccc2)s1. The van der Waals surface area contributed by atoms with Gasteiger partial charge < -0.3 is 9.64 Å². The Morgan fingerprint density at radius 3 is 2.58 bits per heavy atom. The lowest BCUT2D eigenvalue weighted by molar-refractivity contribution is -0.135. The molecule has 3 rings (SSSR count). The number of thiophene rings is 1. The maximum Gasteiger partial charge on any atom is 0.224 e. The van der Waals surface area contributed by atoms with Crippen LogP contribution in [0.5, 0.6) is 0 Å². The number of hydrogen-bond acceptors (Lipinski definition) is 4. The van der Waals surface area contributed by atoms with E-state index in [1.807, 2.05) is 16.2 Å². The van der Waals surface area contributed by atoms with Gasteiger partial charge in [0.15, 0.2) is 0 Å². The number of benzene rings is 1. The number of hydrogen-bond donors (Lipinski definition) is 0. The minimum Gasteiger partial charge on any atom is -0.378 e. The summed E-state index contributed by atoms with van der Waals surface area (Å²) < 4.78 is 5.34. The van der Waals surface area contributed by atoms with Crippen LogP contribution in [0.4, 0.5) is 0 Å². The van der Waals surface area contributed by atoms with E-state index in [1.54, 1.807) is 0 Å². The summed E-state index contributed by atoms with van der Waals surface area (Å²) in [6.45, 7) is 7.62. The highest BCUT2D eigenvalue weighted by molar-refractivity contribution is 7.11. The summed E-state index contributed by atoms with van der Waals surface area (Å²) >= 11 is 1.85. The molecule has 5 heteroatoms. The number of morpholine rings is 1. The molecule has 1 aromatic heterocycles. The van der Waals surface area contributed by atoms with Gasteiger partial charge in [-0.3, -0.25) is 9.69 Å². The summed E-state index contributed by atoms with van der Waals surface area (Å²) in [5, 5.41) is 0. The van der Waals surface area contributed by atoms with Crippen molar-refractivity contribution in [3.05, 3.63) is 57.8 Å². The summed E-state index contributed by atoms with van der Waals surface area (Å²) in [5.74, 6) is 0.250. The fourth-order valence-corrected chi connectivity index (χ4v) is 4.15. The van der Waals surface area contributed by atoms with Gasteiger partial charge in [-0.05, 0) is 31.0 Å². The number of nitrogens with zero attached hydrogens (tertiary/aromatic N) is 2. The van der Waals surface area contributed by atoms with E-state index in [9.17, 15) is 4.79 Å². The van der Waals surface area contributed by atoms with Crippen LogP contribution in [0, 0.1) is 6.92 Å². The van der Waals surface area contributed by atoms with E-state index < -0.39 is 0 Å². The molecule has 140 valence electrons. The van der Waals surface area contributed by atoms with Crippen LogP contribution < -0.4 is 0 Å². The minimum absolute atomic E-state index is 0.250. The Morgan fingerprint density at radius 2 is 1.88 bits per heavy atom. The Morgan fingerprint density at radius 1 is 1.12 bits per heavy atom. The highest BCUT2D eigenvalue weighted by Gasteiger charge is 2.18. The molecule has 0 atom stereocenters. The van der Waals surface area contributed by atoms with Crippen molar-refractivity contribution in [3.8, 4) is 0 Å². The molecule has 0 saturated carbocycles. The molecule has 1 aromatic carbocycles. The van der Waals surface area contributed by atoms with Gasteiger partial charge in [0, 0.05) is 48.9 Å². The van der Waals surface area contributed by atoms with E-state index >= 15 is 0 Å². The van der Waals surface area contributed by atoms with Crippen LogP contribution in [0.15, 0.2) is 42.5 Å². The summed E-state index contributed by atoms with van der Waals surface area (Å²) in [5.41, 5.74) is 1.35. The molecule has 0 aliphatic carbocycles. The molecule has 4 nitrogen and oxygen atoms in total. The van der Waals surface area contributed by atoms with Crippen molar-refractivity contribution >= 4 is 17.2 Å². The van der Waals surface area contributed by atoms with Crippen LogP contribution >= 0.6 is 11.3 Å². The number of aryl methyl sites for hydroxylation is 1. The summed E-state index contributed by atoms with van der Waals surface area (Å²) in [6.07, 6.45) is 1.59. The predicted octanol–water partition coefficient (Wildman–Crippen LogP) is 3.35. The van der Waals surface area contributed by atoms with Crippen LogP contribution in [0.25, 0.3) is 0 Å². The van der Waals surface area contributed by atoms with Crippen molar-refractivity contribution in [2.24, 2.45) is 0 Å². The number of carbonyl (C=O) groups is 1. The summed E-state index contributed by atoms with van der Waals surface area (Å²) in [7, 11) is 0. The number of ether oxygens (including phenoxy) is 1. The second-order valence-corrected chi connectivity index (χ2v) is 8.14. The fourth-order valence-electron chi connectivity index (χ4n) is 3.22. The Bertz CT molecular complexity index is 680. The third-order valence-electron chi connectivity index (χ3n) is 4.74. The highest BCUT2D eigenvalue weighted by atomic mass is 32.1. The number of carbonyl (C=O) groups excluding carboxylic acids is 1. The van der Waals surface area contributed by atoms with Gasteiger partial charge in [0.25, 0.3) is 0 Å². The monoisotopic (exact) mass is 372 g/mol. The van der Waals surface area contributed by atoms with Crippen molar-refractivity contribution in [1.29, 1.82) is 0 Å². The first kappa shape index (κ1) is 19.1. The maximum absolute atomic E-state index is 12.5. The molecule has 0 radical (unpaired) electrons. The zero-order chi connectivity index (χ0) is 18.2. The Balaban J connectivity index is 1.55. The quantitative estimate of drug-likeness (QED) is 0.712. The largest absolute Gasteiger partial charge is 0.378 e. The van der Waals surface area contributed by atoms with E-state index in [-0.39, 0.29) is 5.91 Å². The number of amides is 1. The van der Waals surface area contributed by atoms with Gasteiger partial charge in [0.1, 0.15) is 0 Å². The molecule has 2 aromatic rings. The first-order valence-electron chi connectivity index (χ1n) is 9.38. The lowest BCUT2D eigenvalue weighted by Gasteiger charge is -2.28. The van der Waals surface area contributed by atoms with E-state index in [0.29, 0.717) is 19.6 Å². The van der Waals surface area contributed by atoms with Gasteiger partial charge in [-0.2, -0.15) is 0 Å². The molecule has 0 bridgehead atoms. The van der Waals surface area contributed by atoms with E-state index in [0.717, 1.165) is 39.1 Å². The normalized spacial score (nSPS) is 14.8. The first-order chi connectivity index (χ1) is 12.7. The van der Waals surface area contributed by atoms with E-state index in [1.165, 1.54) is 15.3 Å². The zero-order valence-electron chi connectivity index (χ0n) is 15.5. The molecule has 0 N–H and O–H groups in total. The zero-order valence-corrected chi connectivity index (χ0v) is 16.3. The van der Waals surface area contributed by atoms with Gasteiger partial charge in [-0.1, -0.05) is 30.3 Å². The van der Waals surface area contributed by atoms with E-state index in [2.05, 4.69) is 54.3 Å². The molecular weight excluding hydrogens is 344 g/mol. The van der Waals surface area contributed by atoms with Gasteiger partial charge in [-0.15, -0.1) is 11.3 Å². The average molecular weight is 373 g/mol. The molecule has 0 spiro atoms. The minimum atomic E-state index is 0.250. The smallest absolute Gasteiger partial charge is 0.224 e. The topological polar surface area (TPSA) is 32.8 Å². The van der Waals surface area contributed by atoms with Crippen molar-refractivity contribution in [2.75, 3.05) is 39.4 Å². The van der Waals surface area contributed by atoms with Crippen LogP contribution in [0.2, 0.25) is 0 Å². The summed E-state index contributed by atoms with van der Waals surface area (Å²) in [6, 6.07) is 15.0. The van der Waals surface area contributed by atoms with Crippen molar-refractivity contribution in [1.82, 2.24) is 9.80 Å². The summed E-state index contributed by atoms with van der Waals surface area (Å²) in [4.78, 5) is 19.5. The molecule has 26 heavy (non-hydrogen) atoms. The Labute approximate surface area is 160 Å². The van der Waals surface area contributed by atoms with Crippen LogP contribution in [-0.2, 0) is 22.5 Å². The Kier molecular flexibility index (Phi) is 7.23. The maximum atomic E-state index is 12.5. The molecule has 0 unspecified atom stereocenters. The second kappa shape index (κ2) is 9.86. The third kappa shape index (κ3) is 5.94. The van der Waals surface area contributed by atoms with Gasteiger partial charge in [0.2, 0.25) is 5.91 Å². The van der Waals surface area contributed by atoms with Gasteiger partial charge in [0.05, 0.1) is 13.2 Å². The standard InChI is InChI=1S/C21H28N2O2S/c1-18-7-8-20(26-18)17-22(11-9-19-5-3-2-4-6-19)12-10-21(24)23-13-15-25-16-14-23/h2-8H,9-17H2,1H3. The van der Waals surface area contributed by atoms with Crippen molar-refractivity contribution in [3.63, 3.8) is 0 Å². The number of rotatable bonds is 8. The first-order valence-corrected chi connectivity index (χ1v) is 10.2. The van der Waals surface area contributed by atoms with Gasteiger partial charge in [-0.25, -0.2) is 0 Å². The third-order valence-corrected chi connectivity index (χ3v) is 5.73. The average Bonchev–Trinajstić information content (AvgIpc) is 3.10. The predicted molar refractivity (Wildman–Crippen MR) is 106 cm³/mol. The molecule has 1 aliphatic heterocycles. The van der Waals surface area contributed by atoms with Crippen LogP contribution in [0.3, 0.4) is 0 Å². The van der Waals surface area contributed by atoms with E-state index in [4.69, 9.17) is 4.74 Å².